The summed E-state index contributed by atoms with van der Waals surface area (Å²) >= 11 is 0. The molecule has 1 heterocycles. The van der Waals surface area contributed by atoms with Gasteiger partial charge in [0, 0.05) is 43.4 Å². The van der Waals surface area contributed by atoms with E-state index in [0.717, 1.165) is 38.1 Å². The minimum absolute atomic E-state index is 0.0270. The van der Waals surface area contributed by atoms with E-state index < -0.39 is 46.0 Å². The zero-order valence-corrected chi connectivity index (χ0v) is 30.7. The zero-order chi connectivity index (χ0) is 40.4. The molecule has 10 aromatic carbocycles. The minimum atomic E-state index is -1.04. The van der Waals surface area contributed by atoms with Crippen molar-refractivity contribution in [3.8, 4) is 79.4 Å². The fourth-order valence-electron chi connectivity index (χ4n) is 9.09. The number of aromatic hydroxyl groups is 8. The molecular weight excluding hydrogens is 745 g/mol. The molecule has 0 aliphatic carbocycles. The molecule has 284 valence electrons. The Morgan fingerprint density at radius 3 is 1.31 bits per heavy atom. The van der Waals surface area contributed by atoms with E-state index in [1.807, 2.05) is 109 Å². The van der Waals surface area contributed by atoms with E-state index >= 15 is 0 Å². The molecule has 0 aliphatic heterocycles. The predicted molar refractivity (Wildman–Crippen MR) is 231 cm³/mol. The van der Waals surface area contributed by atoms with Crippen molar-refractivity contribution in [3.63, 3.8) is 0 Å². The van der Waals surface area contributed by atoms with Gasteiger partial charge in [-0.3, -0.25) is 0 Å². The van der Waals surface area contributed by atoms with Crippen LogP contribution in [0.4, 0.5) is 0 Å². The van der Waals surface area contributed by atoms with Gasteiger partial charge in [-0.05, 0) is 72.8 Å². The second-order valence-corrected chi connectivity index (χ2v) is 14.7. The van der Waals surface area contributed by atoms with E-state index in [1.54, 1.807) is 24.3 Å². The molecule has 9 heteroatoms. The Balaban J connectivity index is 1.36. The molecule has 11 aromatic rings. The molecule has 11 rings (SSSR count). The van der Waals surface area contributed by atoms with E-state index in [-0.39, 0.29) is 32.7 Å². The summed E-state index contributed by atoms with van der Waals surface area (Å²) in [6, 6.07) is 41.7. The lowest BCUT2D eigenvalue weighted by Crippen LogP contribution is -1.96. The standard InChI is InChI=1S/C50H30O9/c51-43-39-37(31-20-19-30(28-14-5-6-15-29(28)31)27-16-7-12-23-9-3-4-13-26(23)27)40-42(46(54)50(58)48(56)44(40)52)38(41(39)45(53)49(57)47(43)55)32-17-8-18-34-36(32)33-21-24-10-1-2-11-25(24)22-35(33)59-34/h1-22,51-58H. The number of furan rings is 1. The average Bonchev–Trinajstić information content (AvgIpc) is 3.64. The lowest BCUT2D eigenvalue weighted by atomic mass is 9.81. The van der Waals surface area contributed by atoms with Gasteiger partial charge in [0.2, 0.25) is 23.0 Å². The minimum Gasteiger partial charge on any atom is -0.504 e. The fourth-order valence-corrected chi connectivity index (χ4v) is 9.09. The van der Waals surface area contributed by atoms with Crippen LogP contribution in [0.3, 0.4) is 0 Å². The van der Waals surface area contributed by atoms with Crippen LogP contribution in [0.15, 0.2) is 138 Å². The van der Waals surface area contributed by atoms with Gasteiger partial charge in [-0.2, -0.15) is 0 Å². The number of hydrogen-bond donors (Lipinski definition) is 8. The summed E-state index contributed by atoms with van der Waals surface area (Å²) in [5.74, 6) is -7.57. The molecule has 0 unspecified atom stereocenters. The molecular formula is C50H30O9. The van der Waals surface area contributed by atoms with Gasteiger partial charge in [0.1, 0.15) is 11.2 Å². The van der Waals surface area contributed by atoms with Gasteiger partial charge >= 0.3 is 0 Å². The van der Waals surface area contributed by atoms with Crippen molar-refractivity contribution in [2.45, 2.75) is 0 Å². The maximum Gasteiger partial charge on any atom is 0.204 e. The molecule has 8 N–H and O–H groups in total. The first kappa shape index (κ1) is 34.0. The topological polar surface area (TPSA) is 175 Å². The third kappa shape index (κ3) is 4.55. The predicted octanol–water partition coefficient (Wildman–Crippen LogP) is 12.0. The SMILES string of the molecule is Oc1c(O)c(O)c2c(-c3cccc4oc5cc6ccccc6cc5c34)c3c(O)c(O)c(O)c(O)c3c(-c3ccc(-c4cccc5ccccc45)c4ccccc34)c2c1O. The van der Waals surface area contributed by atoms with Gasteiger partial charge < -0.3 is 45.3 Å². The first-order valence-electron chi connectivity index (χ1n) is 18.7. The third-order valence-corrected chi connectivity index (χ3v) is 11.7. The summed E-state index contributed by atoms with van der Waals surface area (Å²) in [6.45, 7) is 0. The Bertz CT molecular complexity index is 3570. The van der Waals surface area contributed by atoms with Crippen LogP contribution < -0.4 is 0 Å². The third-order valence-electron chi connectivity index (χ3n) is 11.7. The highest BCUT2D eigenvalue weighted by atomic mass is 16.4. The molecule has 0 radical (unpaired) electrons. The van der Waals surface area contributed by atoms with Gasteiger partial charge in [-0.1, -0.05) is 115 Å². The Labute approximate surface area is 333 Å². The number of benzene rings is 10. The van der Waals surface area contributed by atoms with E-state index in [0.29, 0.717) is 38.5 Å². The Hall–Kier alpha value is -8.30. The molecule has 0 spiro atoms. The van der Waals surface area contributed by atoms with Crippen LogP contribution in [0, 0.1) is 0 Å². The van der Waals surface area contributed by atoms with Gasteiger partial charge in [0.25, 0.3) is 0 Å². The van der Waals surface area contributed by atoms with Gasteiger partial charge in [-0.15, -0.1) is 0 Å². The second-order valence-electron chi connectivity index (χ2n) is 14.7. The van der Waals surface area contributed by atoms with Crippen LogP contribution in [0.2, 0.25) is 0 Å². The summed E-state index contributed by atoms with van der Waals surface area (Å²) in [5.41, 5.74) is 3.30. The number of fused-ring (bicyclic) bond motifs is 8. The van der Waals surface area contributed by atoms with Gasteiger partial charge in [0.15, 0.2) is 23.0 Å². The molecule has 59 heavy (non-hydrogen) atoms. The zero-order valence-electron chi connectivity index (χ0n) is 30.7. The number of hydrogen-bond acceptors (Lipinski definition) is 9. The molecule has 0 saturated carbocycles. The Kier molecular flexibility index (Phi) is 6.97. The molecule has 0 fully saturated rings. The van der Waals surface area contributed by atoms with Crippen molar-refractivity contribution in [2.24, 2.45) is 0 Å². The van der Waals surface area contributed by atoms with Crippen molar-refractivity contribution in [1.29, 1.82) is 0 Å². The Morgan fingerprint density at radius 1 is 0.271 bits per heavy atom. The fraction of sp³-hybridized carbons (Fsp3) is 0. The average molecular weight is 775 g/mol. The second kappa shape index (κ2) is 12.1. The summed E-state index contributed by atoms with van der Waals surface area (Å²) in [4.78, 5) is 0. The molecule has 9 nitrogen and oxygen atoms in total. The molecule has 0 atom stereocenters. The van der Waals surface area contributed by atoms with Crippen LogP contribution in [0.5, 0.6) is 46.0 Å². The van der Waals surface area contributed by atoms with Gasteiger partial charge in [-0.25, -0.2) is 0 Å². The van der Waals surface area contributed by atoms with Crippen molar-refractivity contribution < 1.29 is 45.3 Å². The number of phenolic OH excluding ortho intramolecular Hbond substituents is 8. The van der Waals surface area contributed by atoms with Crippen molar-refractivity contribution >= 4 is 75.8 Å². The molecule has 0 aliphatic rings. The van der Waals surface area contributed by atoms with Crippen LogP contribution in [-0.4, -0.2) is 40.9 Å². The van der Waals surface area contributed by atoms with Crippen molar-refractivity contribution in [1.82, 2.24) is 0 Å². The Morgan fingerprint density at radius 2 is 0.695 bits per heavy atom. The van der Waals surface area contributed by atoms with Crippen LogP contribution in [-0.2, 0) is 0 Å². The summed E-state index contributed by atoms with van der Waals surface area (Å²) in [5, 5.41) is 98.4. The lowest BCUT2D eigenvalue weighted by Gasteiger charge is -2.23. The maximum atomic E-state index is 12.0. The van der Waals surface area contributed by atoms with E-state index in [4.69, 9.17) is 4.42 Å². The summed E-state index contributed by atoms with van der Waals surface area (Å²) < 4.78 is 6.35. The van der Waals surface area contributed by atoms with E-state index in [2.05, 4.69) is 0 Å². The van der Waals surface area contributed by atoms with E-state index in [9.17, 15) is 40.9 Å². The summed E-state index contributed by atoms with van der Waals surface area (Å²) in [7, 11) is 0. The molecule has 1 aromatic heterocycles. The summed E-state index contributed by atoms with van der Waals surface area (Å²) in [6.07, 6.45) is 0. The van der Waals surface area contributed by atoms with Crippen LogP contribution in [0.1, 0.15) is 0 Å². The highest BCUT2D eigenvalue weighted by molar-refractivity contribution is 6.33. The maximum absolute atomic E-state index is 12.0. The van der Waals surface area contributed by atoms with Crippen molar-refractivity contribution in [2.75, 3.05) is 0 Å². The van der Waals surface area contributed by atoms with E-state index in [1.165, 1.54) is 0 Å². The first-order valence-corrected chi connectivity index (χ1v) is 18.7. The van der Waals surface area contributed by atoms with Crippen molar-refractivity contribution in [3.05, 3.63) is 133 Å². The van der Waals surface area contributed by atoms with Gasteiger partial charge in [0.05, 0.1) is 0 Å². The smallest absolute Gasteiger partial charge is 0.204 e. The van der Waals surface area contributed by atoms with Crippen LogP contribution in [0.25, 0.3) is 109 Å². The molecule has 0 amide bonds. The highest BCUT2D eigenvalue weighted by Crippen LogP contribution is 2.63. The first-order chi connectivity index (χ1) is 28.6. The van der Waals surface area contributed by atoms with Crippen LogP contribution >= 0.6 is 0 Å². The lowest BCUT2D eigenvalue weighted by molar-refractivity contribution is 0.350. The molecule has 0 saturated heterocycles. The molecule has 0 bridgehead atoms. The monoisotopic (exact) mass is 774 g/mol. The number of phenols is 8. The highest BCUT2D eigenvalue weighted by Gasteiger charge is 2.34. The largest absolute Gasteiger partial charge is 0.504 e. The number of rotatable bonds is 3. The quantitative estimate of drug-likeness (QED) is 0.0493. The normalized spacial score (nSPS) is 11.9.